The van der Waals surface area contributed by atoms with E-state index in [0.29, 0.717) is 34.3 Å². The number of halogens is 2. The molecule has 0 saturated carbocycles. The lowest BCUT2D eigenvalue weighted by Crippen LogP contribution is -2.28. The highest BCUT2D eigenvalue weighted by Crippen LogP contribution is 2.25. The van der Waals surface area contributed by atoms with E-state index in [-0.39, 0.29) is 23.1 Å². The number of carbonyl (C=O) groups excluding carboxylic acids is 1. The van der Waals surface area contributed by atoms with Crippen molar-refractivity contribution in [3.63, 3.8) is 0 Å². The van der Waals surface area contributed by atoms with E-state index in [9.17, 15) is 18.4 Å². The Balaban J connectivity index is 1.43. The fourth-order valence-corrected chi connectivity index (χ4v) is 5.22. The van der Waals surface area contributed by atoms with Gasteiger partial charge in [-0.15, -0.1) is 21.5 Å². The van der Waals surface area contributed by atoms with Crippen LogP contribution in [0.1, 0.15) is 12.8 Å². The molecule has 0 bridgehead atoms. The van der Waals surface area contributed by atoms with Crippen molar-refractivity contribution in [2.75, 3.05) is 17.7 Å². The zero-order valence-electron chi connectivity index (χ0n) is 16.6. The lowest BCUT2D eigenvalue weighted by Gasteiger charge is -2.13. The van der Waals surface area contributed by atoms with Crippen molar-refractivity contribution >= 4 is 50.7 Å². The molecule has 1 aliphatic heterocycles. The van der Waals surface area contributed by atoms with Crippen LogP contribution in [0.2, 0.25) is 0 Å². The second-order valence-electron chi connectivity index (χ2n) is 7.26. The molecule has 4 heterocycles. The van der Waals surface area contributed by atoms with Crippen molar-refractivity contribution in [3.05, 3.63) is 51.6 Å². The summed E-state index contributed by atoms with van der Waals surface area (Å²) < 4.78 is 36.7. The second-order valence-corrected chi connectivity index (χ2v) is 9.12. The molecule has 1 N–H and O–H groups in total. The molecule has 1 aliphatic rings. The number of nitrogens with zero attached hydrogens (tertiary/aromatic N) is 4. The summed E-state index contributed by atoms with van der Waals surface area (Å²) in [6.07, 6.45) is 1.76. The van der Waals surface area contributed by atoms with Crippen molar-refractivity contribution in [2.24, 2.45) is 0 Å². The van der Waals surface area contributed by atoms with Crippen LogP contribution in [-0.4, -0.2) is 43.5 Å². The number of thioether (sulfide) groups is 1. The van der Waals surface area contributed by atoms with Crippen LogP contribution in [-0.2, 0) is 16.1 Å². The highest BCUT2D eigenvalue weighted by Gasteiger charge is 2.23. The number of anilines is 1. The highest BCUT2D eigenvalue weighted by molar-refractivity contribution is 7.99. The lowest BCUT2D eigenvalue weighted by atomic mass is 10.2. The summed E-state index contributed by atoms with van der Waals surface area (Å²) in [6, 6.07) is 4.65. The van der Waals surface area contributed by atoms with E-state index in [1.807, 2.05) is 5.38 Å². The number of thiophene rings is 1. The van der Waals surface area contributed by atoms with E-state index in [4.69, 9.17) is 4.74 Å². The maximum Gasteiger partial charge on any atom is 0.272 e. The number of nitrogens with one attached hydrogen (secondary N) is 1. The van der Waals surface area contributed by atoms with Gasteiger partial charge in [-0.1, -0.05) is 11.8 Å². The third kappa shape index (κ3) is 3.89. The fourth-order valence-electron chi connectivity index (χ4n) is 3.66. The molecule has 1 saturated heterocycles. The van der Waals surface area contributed by atoms with Gasteiger partial charge < -0.3 is 10.1 Å². The van der Waals surface area contributed by atoms with Crippen molar-refractivity contribution in [3.8, 4) is 0 Å². The monoisotopic (exact) mass is 477 g/mol. The number of rotatable bonds is 6. The number of amides is 1. The third-order valence-corrected chi connectivity index (χ3v) is 6.95. The van der Waals surface area contributed by atoms with Gasteiger partial charge in [0.15, 0.2) is 5.16 Å². The number of ether oxygens (including phenoxy) is 1. The molecule has 12 heteroatoms. The Labute approximate surface area is 188 Å². The Morgan fingerprint density at radius 3 is 3.00 bits per heavy atom. The molecule has 0 spiro atoms. The van der Waals surface area contributed by atoms with Crippen LogP contribution >= 0.6 is 23.1 Å². The zero-order chi connectivity index (χ0) is 22.2. The Bertz CT molecular complexity index is 1380. The van der Waals surface area contributed by atoms with Crippen molar-refractivity contribution < 1.29 is 18.3 Å². The van der Waals surface area contributed by atoms with Gasteiger partial charge in [0, 0.05) is 12.7 Å². The maximum atomic E-state index is 13.8. The first-order valence-electron chi connectivity index (χ1n) is 9.85. The van der Waals surface area contributed by atoms with Gasteiger partial charge in [-0.25, -0.2) is 8.78 Å². The van der Waals surface area contributed by atoms with E-state index in [1.54, 1.807) is 15.0 Å². The number of benzene rings is 1. The van der Waals surface area contributed by atoms with Crippen LogP contribution in [0, 0.1) is 11.6 Å². The molecule has 1 fully saturated rings. The quantitative estimate of drug-likeness (QED) is 0.429. The Morgan fingerprint density at radius 2 is 2.19 bits per heavy atom. The van der Waals surface area contributed by atoms with Gasteiger partial charge in [-0.05, 0) is 36.4 Å². The van der Waals surface area contributed by atoms with E-state index in [2.05, 4.69) is 15.5 Å². The number of aromatic nitrogens is 4. The van der Waals surface area contributed by atoms with Gasteiger partial charge in [0.1, 0.15) is 16.3 Å². The van der Waals surface area contributed by atoms with Crippen molar-refractivity contribution in [2.45, 2.75) is 30.6 Å². The molecule has 1 aromatic carbocycles. The fraction of sp³-hybridized carbons (Fsp3) is 0.300. The molecule has 1 atom stereocenters. The molecule has 5 rings (SSSR count). The average molecular weight is 478 g/mol. The maximum absolute atomic E-state index is 13.8. The van der Waals surface area contributed by atoms with Gasteiger partial charge >= 0.3 is 0 Å². The third-order valence-electron chi connectivity index (χ3n) is 5.13. The lowest BCUT2D eigenvalue weighted by molar-refractivity contribution is -0.113. The van der Waals surface area contributed by atoms with Crippen LogP contribution < -0.4 is 10.9 Å². The van der Waals surface area contributed by atoms with E-state index >= 15 is 0 Å². The van der Waals surface area contributed by atoms with Gasteiger partial charge in [0.05, 0.1) is 29.6 Å². The summed E-state index contributed by atoms with van der Waals surface area (Å²) in [5, 5.41) is 13.0. The summed E-state index contributed by atoms with van der Waals surface area (Å²) in [6.45, 7) is 1.05. The zero-order valence-corrected chi connectivity index (χ0v) is 18.2. The molecule has 8 nitrogen and oxygen atoms in total. The summed E-state index contributed by atoms with van der Waals surface area (Å²) in [4.78, 5) is 25.4. The SMILES string of the molecule is O=C(CSc1nnc2n(C[C@H]3CCCO3)c(=O)c3sccc3n12)Nc1cc(F)ccc1F. The van der Waals surface area contributed by atoms with Gasteiger partial charge in [0.2, 0.25) is 11.7 Å². The van der Waals surface area contributed by atoms with Crippen molar-refractivity contribution in [1.82, 2.24) is 19.2 Å². The predicted octanol–water partition coefficient (Wildman–Crippen LogP) is 3.29. The standard InChI is InChI=1S/C20H17F2N5O3S2/c21-11-3-4-13(22)14(8-11)23-16(28)10-32-20-25-24-19-26(9-12-2-1-6-30-12)18(29)17-15(27(19)20)5-7-31-17/h3-5,7-8,12H,1-2,6,9-10H2,(H,23,28)/t12-/m1/s1. The predicted molar refractivity (Wildman–Crippen MR) is 117 cm³/mol. The first-order chi connectivity index (χ1) is 15.5. The minimum absolute atomic E-state index is 0.0614. The van der Waals surface area contributed by atoms with Gasteiger partial charge in [-0.3, -0.25) is 18.6 Å². The van der Waals surface area contributed by atoms with Gasteiger partial charge in [0.25, 0.3) is 5.56 Å². The molecule has 32 heavy (non-hydrogen) atoms. The number of hydrogen-bond acceptors (Lipinski definition) is 7. The molecule has 0 radical (unpaired) electrons. The molecule has 4 aromatic rings. The minimum Gasteiger partial charge on any atom is -0.376 e. The molecule has 3 aromatic heterocycles. The molecular weight excluding hydrogens is 460 g/mol. The molecule has 0 unspecified atom stereocenters. The summed E-state index contributed by atoms with van der Waals surface area (Å²) in [7, 11) is 0. The first kappa shape index (κ1) is 21.0. The Kier molecular flexibility index (Phi) is 5.66. The summed E-state index contributed by atoms with van der Waals surface area (Å²) >= 11 is 2.41. The smallest absolute Gasteiger partial charge is 0.272 e. The number of carbonyl (C=O) groups is 1. The molecule has 166 valence electrons. The number of fused-ring (bicyclic) bond motifs is 3. The van der Waals surface area contributed by atoms with Crippen LogP contribution in [0.25, 0.3) is 16.0 Å². The van der Waals surface area contributed by atoms with Crippen LogP contribution in [0.3, 0.4) is 0 Å². The number of hydrogen-bond donors (Lipinski definition) is 1. The average Bonchev–Trinajstić information content (AvgIpc) is 3.52. The Morgan fingerprint density at radius 1 is 1.31 bits per heavy atom. The molecule has 1 amide bonds. The van der Waals surface area contributed by atoms with E-state index < -0.39 is 17.5 Å². The summed E-state index contributed by atoms with van der Waals surface area (Å²) in [5.74, 6) is -1.63. The highest BCUT2D eigenvalue weighted by atomic mass is 32.2. The largest absolute Gasteiger partial charge is 0.376 e. The van der Waals surface area contributed by atoms with Crippen LogP contribution in [0.15, 0.2) is 39.6 Å². The first-order valence-corrected chi connectivity index (χ1v) is 11.7. The normalized spacial score (nSPS) is 16.2. The van der Waals surface area contributed by atoms with Crippen LogP contribution in [0.5, 0.6) is 0 Å². The van der Waals surface area contributed by atoms with Crippen molar-refractivity contribution in [1.29, 1.82) is 0 Å². The topological polar surface area (TPSA) is 90.5 Å². The second kappa shape index (κ2) is 8.60. The minimum atomic E-state index is -0.726. The molecule has 0 aliphatic carbocycles. The summed E-state index contributed by atoms with van der Waals surface area (Å²) in [5.41, 5.74) is 0.274. The van der Waals surface area contributed by atoms with E-state index in [0.717, 1.165) is 42.8 Å². The van der Waals surface area contributed by atoms with Gasteiger partial charge in [-0.2, -0.15) is 0 Å². The van der Waals surface area contributed by atoms with Crippen LogP contribution in [0.4, 0.5) is 14.5 Å². The Hall–Kier alpha value is -2.83. The van der Waals surface area contributed by atoms with E-state index in [1.165, 1.54) is 11.3 Å². The molecular formula is C20H17F2N5O3S2.